The fourth-order valence-electron chi connectivity index (χ4n) is 3.82. The third-order valence-electron chi connectivity index (χ3n) is 5.50. The maximum absolute atomic E-state index is 13.0. The minimum absolute atomic E-state index is 0.00829. The highest BCUT2D eigenvalue weighted by Gasteiger charge is 2.51. The van der Waals surface area contributed by atoms with Crippen LogP contribution in [0.3, 0.4) is 0 Å². The molecule has 4 rings (SSSR count). The summed E-state index contributed by atoms with van der Waals surface area (Å²) in [5.74, 6) is -4.69. The van der Waals surface area contributed by atoms with E-state index in [1.807, 2.05) is 0 Å². The third-order valence-corrected chi connectivity index (χ3v) is 5.50. The van der Waals surface area contributed by atoms with E-state index < -0.39 is 48.0 Å². The maximum atomic E-state index is 13.0. The van der Waals surface area contributed by atoms with Gasteiger partial charge in [-0.25, -0.2) is 0 Å². The highest BCUT2D eigenvalue weighted by Crippen LogP contribution is 2.43. The molecule has 1 saturated heterocycles. The molecule has 1 aliphatic heterocycles. The van der Waals surface area contributed by atoms with Crippen LogP contribution in [0.15, 0.2) is 24.3 Å². The first-order valence-corrected chi connectivity index (χ1v) is 8.78. The van der Waals surface area contributed by atoms with Crippen molar-refractivity contribution in [1.82, 2.24) is 0 Å². The largest absolute Gasteiger partial charge is 0.508 e. The van der Waals surface area contributed by atoms with Crippen molar-refractivity contribution in [2.24, 2.45) is 0 Å². The number of ketones is 2. The van der Waals surface area contributed by atoms with Gasteiger partial charge in [0.25, 0.3) is 0 Å². The van der Waals surface area contributed by atoms with Crippen LogP contribution < -0.4 is 0 Å². The minimum Gasteiger partial charge on any atom is -0.508 e. The lowest BCUT2D eigenvalue weighted by Crippen LogP contribution is -2.59. The van der Waals surface area contributed by atoms with Crippen molar-refractivity contribution in [2.45, 2.75) is 31.0 Å². The van der Waals surface area contributed by atoms with E-state index >= 15 is 0 Å². The zero-order valence-corrected chi connectivity index (χ0v) is 15.2. The van der Waals surface area contributed by atoms with Gasteiger partial charge < -0.3 is 35.4 Å². The quantitative estimate of drug-likeness (QED) is 0.313. The molecule has 1 fully saturated rings. The second kappa shape index (κ2) is 6.34. The van der Waals surface area contributed by atoms with Crippen LogP contribution in [0.25, 0.3) is 0 Å². The van der Waals surface area contributed by atoms with E-state index in [1.165, 1.54) is 19.1 Å². The molecule has 1 aliphatic carbocycles. The monoisotopic (exact) mass is 402 g/mol. The molecule has 29 heavy (non-hydrogen) atoms. The number of fused-ring (bicyclic) bond motifs is 2. The zero-order valence-electron chi connectivity index (χ0n) is 15.2. The third kappa shape index (κ3) is 2.60. The average molecular weight is 402 g/mol. The Morgan fingerprint density at radius 2 is 1.69 bits per heavy atom. The summed E-state index contributed by atoms with van der Waals surface area (Å²) in [6.45, 7) is 0.829. The van der Waals surface area contributed by atoms with Crippen molar-refractivity contribution in [3.05, 3.63) is 57.6 Å². The number of hydrogen-bond donors (Lipinski definition) is 6. The number of hydrogen-bond acceptors (Lipinski definition) is 9. The Morgan fingerprint density at radius 3 is 2.38 bits per heavy atom. The molecule has 0 bridgehead atoms. The molecule has 1 unspecified atom stereocenters. The van der Waals surface area contributed by atoms with Crippen molar-refractivity contribution in [3.8, 4) is 11.5 Å². The molecule has 0 amide bonds. The van der Waals surface area contributed by atoms with Gasteiger partial charge in [-0.15, -0.1) is 0 Å². The summed E-state index contributed by atoms with van der Waals surface area (Å²) in [7, 11) is 0. The molecule has 2 aromatic carbocycles. The van der Waals surface area contributed by atoms with Gasteiger partial charge in [-0.05, 0) is 31.2 Å². The van der Waals surface area contributed by atoms with Crippen LogP contribution in [0.2, 0.25) is 0 Å². The van der Waals surface area contributed by atoms with Gasteiger partial charge in [-0.1, -0.05) is 0 Å². The summed E-state index contributed by atoms with van der Waals surface area (Å²) >= 11 is 0. The lowest BCUT2D eigenvalue weighted by atomic mass is 9.79. The predicted molar refractivity (Wildman–Crippen MR) is 95.7 cm³/mol. The van der Waals surface area contributed by atoms with E-state index in [1.54, 1.807) is 0 Å². The minimum atomic E-state index is -2.54. The number of carbonyl (C=O) groups is 2. The number of rotatable bonds is 1. The van der Waals surface area contributed by atoms with E-state index in [4.69, 9.17) is 4.74 Å². The topological polar surface area (TPSA) is 165 Å². The van der Waals surface area contributed by atoms with E-state index in [9.17, 15) is 40.2 Å². The Morgan fingerprint density at radius 1 is 1.00 bits per heavy atom. The molecular weight excluding hydrogens is 384 g/mol. The van der Waals surface area contributed by atoms with Crippen LogP contribution in [-0.2, 0) is 10.5 Å². The smallest absolute Gasteiger partial charge is 0.222 e. The van der Waals surface area contributed by atoms with E-state index in [0.717, 1.165) is 12.1 Å². The Hall–Kier alpha value is -2.82. The van der Waals surface area contributed by atoms with Crippen LogP contribution in [0.4, 0.5) is 0 Å². The molecule has 0 spiro atoms. The van der Waals surface area contributed by atoms with Gasteiger partial charge in [-0.2, -0.15) is 0 Å². The molecule has 2 aliphatic rings. The number of phenolic OH excluding ortho intramolecular Hbond substituents is 2. The summed E-state index contributed by atoms with van der Waals surface area (Å²) in [5, 5.41) is 61.1. The molecule has 4 atom stereocenters. The fourth-order valence-corrected chi connectivity index (χ4v) is 3.82. The molecule has 6 N–H and O–H groups in total. The number of phenols is 2. The molecule has 1 heterocycles. The van der Waals surface area contributed by atoms with Crippen LogP contribution >= 0.6 is 0 Å². The van der Waals surface area contributed by atoms with Crippen molar-refractivity contribution in [2.75, 3.05) is 6.61 Å². The van der Waals surface area contributed by atoms with Gasteiger partial charge in [-0.3, -0.25) is 9.59 Å². The number of aliphatic hydroxyl groups is 4. The SMILES string of the molecule is Cc1c(C2(O)OC[C@@H](O)[C@H](O)[C@H]2O)cc2c(c1O)C(=O)c1ccc(O)cc1C2=O. The summed E-state index contributed by atoms with van der Waals surface area (Å²) in [5.41, 5.74) is -0.882. The first kappa shape index (κ1) is 19.5. The maximum Gasteiger partial charge on any atom is 0.222 e. The highest BCUT2D eigenvalue weighted by atomic mass is 16.6. The molecule has 152 valence electrons. The summed E-state index contributed by atoms with van der Waals surface area (Å²) in [4.78, 5) is 25.8. The lowest BCUT2D eigenvalue weighted by Gasteiger charge is -2.42. The van der Waals surface area contributed by atoms with Crippen molar-refractivity contribution in [3.63, 3.8) is 0 Å². The van der Waals surface area contributed by atoms with Gasteiger partial charge in [0, 0.05) is 27.8 Å². The Labute approximate surface area is 164 Å². The lowest BCUT2D eigenvalue weighted by molar-refractivity contribution is -0.330. The Kier molecular flexibility index (Phi) is 4.26. The van der Waals surface area contributed by atoms with Crippen molar-refractivity contribution in [1.29, 1.82) is 0 Å². The molecule has 9 heteroatoms. The molecule has 0 aromatic heterocycles. The normalized spacial score (nSPS) is 28.8. The van der Waals surface area contributed by atoms with Crippen LogP contribution in [0, 0.1) is 6.92 Å². The number of aliphatic hydroxyl groups excluding tert-OH is 3. The first-order valence-electron chi connectivity index (χ1n) is 8.78. The molecule has 2 aromatic rings. The van der Waals surface area contributed by atoms with Crippen molar-refractivity contribution >= 4 is 11.6 Å². The molecular formula is C20H18O9. The Balaban J connectivity index is 1.93. The van der Waals surface area contributed by atoms with Crippen LogP contribution in [0.1, 0.15) is 43.0 Å². The van der Waals surface area contributed by atoms with Gasteiger partial charge in [0.1, 0.15) is 29.8 Å². The zero-order chi connectivity index (χ0) is 21.2. The summed E-state index contributed by atoms with van der Waals surface area (Å²) in [6.07, 6.45) is -5.19. The standard InChI is InChI=1S/C20H18O9/c1-7-12(20(28)19(27)18(26)13(22)6-29-20)5-11-14(15(7)23)17(25)9-3-2-8(21)4-10(9)16(11)24/h2-5,13,18-19,21-23,26-28H,6H2,1H3/t13-,18+,19-,20?/m1/s1. The van der Waals surface area contributed by atoms with Crippen LogP contribution in [0.5, 0.6) is 11.5 Å². The number of carbonyl (C=O) groups excluding carboxylic acids is 2. The van der Waals surface area contributed by atoms with Gasteiger partial charge in [0.2, 0.25) is 5.79 Å². The predicted octanol–water partition coefficient (Wildman–Crippen LogP) is -0.560. The van der Waals surface area contributed by atoms with Crippen LogP contribution in [-0.4, -0.2) is 67.1 Å². The number of ether oxygens (including phenoxy) is 1. The second-order valence-corrected chi connectivity index (χ2v) is 7.22. The van der Waals surface area contributed by atoms with E-state index in [-0.39, 0.29) is 39.1 Å². The van der Waals surface area contributed by atoms with Gasteiger partial charge >= 0.3 is 0 Å². The number of benzene rings is 2. The fraction of sp³-hybridized carbons (Fsp3) is 0.300. The van der Waals surface area contributed by atoms with E-state index in [0.29, 0.717) is 0 Å². The molecule has 0 radical (unpaired) electrons. The van der Waals surface area contributed by atoms with E-state index in [2.05, 4.69) is 0 Å². The Bertz CT molecular complexity index is 1060. The second-order valence-electron chi connectivity index (χ2n) is 7.22. The van der Waals surface area contributed by atoms with Gasteiger partial charge in [0.15, 0.2) is 11.6 Å². The summed E-state index contributed by atoms with van der Waals surface area (Å²) in [6, 6.07) is 4.74. The number of aromatic hydroxyl groups is 2. The van der Waals surface area contributed by atoms with Gasteiger partial charge in [0.05, 0.1) is 12.2 Å². The summed E-state index contributed by atoms with van der Waals surface area (Å²) < 4.78 is 5.17. The molecule has 9 nitrogen and oxygen atoms in total. The molecule has 0 saturated carbocycles. The van der Waals surface area contributed by atoms with Crippen molar-refractivity contribution < 1.29 is 45.0 Å². The first-order chi connectivity index (χ1) is 13.6. The highest BCUT2D eigenvalue weighted by molar-refractivity contribution is 6.29. The average Bonchev–Trinajstić information content (AvgIpc) is 2.69.